The molecule has 1 amide bonds. The minimum atomic E-state index is -4.82. The molecule has 0 spiro atoms. The Kier molecular flexibility index (Phi) is 13.6. The molecule has 3 rings (SSSR count). The number of nitrogens with one attached hydrogen (secondary N) is 1. The molecule has 36 heavy (non-hydrogen) atoms. The van der Waals surface area contributed by atoms with Gasteiger partial charge in [0.2, 0.25) is 0 Å². The molecule has 0 aliphatic carbocycles. The SMILES string of the molecule is CC.CC.CSNC(=O)c1cc(Cl)c(OC2CCN(c3ccc(OC(F)(F)F)c(Cl)c3)CC2)cc1F. The summed E-state index contributed by atoms with van der Waals surface area (Å²) < 4.78 is 63.6. The van der Waals surface area contributed by atoms with Crippen LogP contribution in [0.2, 0.25) is 10.0 Å². The topological polar surface area (TPSA) is 50.8 Å². The van der Waals surface area contributed by atoms with Crippen molar-refractivity contribution in [3.05, 3.63) is 51.8 Å². The van der Waals surface area contributed by atoms with Crippen LogP contribution in [0.5, 0.6) is 11.5 Å². The van der Waals surface area contributed by atoms with Gasteiger partial charge in [0.15, 0.2) is 0 Å². The maximum absolute atomic E-state index is 14.3. The van der Waals surface area contributed by atoms with E-state index in [1.807, 2.05) is 32.6 Å². The summed E-state index contributed by atoms with van der Waals surface area (Å²) in [5, 5.41) is -0.0295. The van der Waals surface area contributed by atoms with E-state index in [9.17, 15) is 22.4 Å². The minimum Gasteiger partial charge on any atom is -0.489 e. The van der Waals surface area contributed by atoms with Gasteiger partial charge in [-0.05, 0) is 24.3 Å². The lowest BCUT2D eigenvalue weighted by Gasteiger charge is -2.34. The van der Waals surface area contributed by atoms with Gasteiger partial charge in [-0.15, -0.1) is 13.2 Å². The molecule has 1 N–H and O–H groups in total. The van der Waals surface area contributed by atoms with Gasteiger partial charge in [-0.25, -0.2) is 4.39 Å². The maximum Gasteiger partial charge on any atom is 0.573 e. The molecule has 1 heterocycles. The second kappa shape index (κ2) is 15.3. The Morgan fingerprint density at radius 1 is 1.03 bits per heavy atom. The van der Waals surface area contributed by atoms with Crippen LogP contribution in [-0.2, 0) is 0 Å². The third-order valence-electron chi connectivity index (χ3n) is 4.70. The Hall–Kier alpha value is -2.04. The predicted molar refractivity (Wildman–Crippen MR) is 139 cm³/mol. The Balaban J connectivity index is 0.00000154. The summed E-state index contributed by atoms with van der Waals surface area (Å²) in [5.41, 5.74) is 0.470. The molecule has 0 radical (unpaired) electrons. The molecular weight excluding hydrogens is 543 g/mol. The van der Waals surface area contributed by atoms with Crippen LogP contribution in [0, 0.1) is 5.82 Å². The first-order valence-electron chi connectivity index (χ1n) is 11.4. The van der Waals surface area contributed by atoms with Gasteiger partial charge in [-0.2, -0.15) is 0 Å². The van der Waals surface area contributed by atoms with Crippen molar-refractivity contribution in [1.82, 2.24) is 4.72 Å². The number of amides is 1. The molecular formula is C24H30Cl2F4N2O3S. The molecule has 5 nitrogen and oxygen atoms in total. The molecule has 2 aromatic rings. The summed E-state index contributed by atoms with van der Waals surface area (Å²) in [6.45, 7) is 9.07. The fraction of sp³-hybridized carbons (Fsp3) is 0.458. The number of alkyl halides is 3. The second-order valence-corrected chi connectivity index (χ2v) is 8.29. The van der Waals surface area contributed by atoms with Gasteiger partial charge in [0, 0.05) is 43.9 Å². The molecule has 0 atom stereocenters. The van der Waals surface area contributed by atoms with Gasteiger partial charge in [-0.1, -0.05) is 62.8 Å². The molecule has 1 aliphatic rings. The molecule has 0 unspecified atom stereocenters. The first kappa shape index (κ1) is 32.0. The number of hydrogen-bond donors (Lipinski definition) is 1. The van der Waals surface area contributed by atoms with Crippen LogP contribution in [0.25, 0.3) is 0 Å². The van der Waals surface area contributed by atoms with E-state index in [1.54, 1.807) is 6.26 Å². The van der Waals surface area contributed by atoms with E-state index in [1.165, 1.54) is 24.3 Å². The monoisotopic (exact) mass is 572 g/mol. The van der Waals surface area contributed by atoms with Gasteiger partial charge < -0.3 is 14.4 Å². The lowest BCUT2D eigenvalue weighted by molar-refractivity contribution is -0.274. The van der Waals surface area contributed by atoms with Crippen LogP contribution in [-0.4, -0.2) is 37.7 Å². The van der Waals surface area contributed by atoms with E-state index < -0.39 is 23.8 Å². The van der Waals surface area contributed by atoms with Gasteiger partial charge in [0.05, 0.1) is 15.6 Å². The fourth-order valence-electron chi connectivity index (χ4n) is 3.25. The number of carbonyl (C=O) groups is 1. The van der Waals surface area contributed by atoms with Crippen LogP contribution in [0.1, 0.15) is 50.9 Å². The molecule has 12 heteroatoms. The third kappa shape index (κ3) is 9.44. The quantitative estimate of drug-likeness (QED) is 0.279. The van der Waals surface area contributed by atoms with Crippen molar-refractivity contribution in [3.63, 3.8) is 0 Å². The van der Waals surface area contributed by atoms with Crippen molar-refractivity contribution in [2.75, 3.05) is 24.2 Å². The average Bonchev–Trinajstić information content (AvgIpc) is 2.85. The molecule has 2 aromatic carbocycles. The second-order valence-electron chi connectivity index (χ2n) is 6.86. The van der Waals surface area contributed by atoms with Crippen LogP contribution >= 0.6 is 35.1 Å². The first-order valence-corrected chi connectivity index (χ1v) is 13.3. The summed E-state index contributed by atoms with van der Waals surface area (Å²) in [5.74, 6) is -1.67. The molecule has 1 aliphatic heterocycles. The number of nitrogens with zero attached hydrogens (tertiary/aromatic N) is 1. The van der Waals surface area contributed by atoms with E-state index >= 15 is 0 Å². The van der Waals surface area contributed by atoms with Crippen molar-refractivity contribution in [3.8, 4) is 11.5 Å². The van der Waals surface area contributed by atoms with Gasteiger partial charge in [0.1, 0.15) is 23.4 Å². The highest BCUT2D eigenvalue weighted by Gasteiger charge is 2.32. The van der Waals surface area contributed by atoms with Gasteiger partial charge in [0.25, 0.3) is 5.91 Å². The number of piperidine rings is 1. The highest BCUT2D eigenvalue weighted by atomic mass is 35.5. The van der Waals surface area contributed by atoms with Crippen LogP contribution in [0.15, 0.2) is 30.3 Å². The van der Waals surface area contributed by atoms with Crippen LogP contribution in [0.3, 0.4) is 0 Å². The molecule has 0 aromatic heterocycles. The van der Waals surface area contributed by atoms with Gasteiger partial charge in [-0.3, -0.25) is 9.52 Å². The number of carbonyl (C=O) groups excluding carboxylic acids is 1. The standard InChI is InChI=1S/C20H18Cl2F4N2O3S.2C2H6/c1-32-27-19(29)13-9-15(22)18(10-16(13)23)30-12-4-6-28(7-5-12)11-2-3-17(14(21)8-11)31-20(24,25)26;2*1-2/h2-3,8-10,12H,4-7H2,1H3,(H,27,29);2*1-2H3. The summed E-state index contributed by atoms with van der Waals surface area (Å²) in [4.78, 5) is 13.8. The number of halogens is 6. The van der Waals surface area contributed by atoms with Crippen molar-refractivity contribution in [1.29, 1.82) is 0 Å². The van der Waals surface area contributed by atoms with E-state index in [0.717, 1.165) is 18.0 Å². The molecule has 202 valence electrons. The van der Waals surface area contributed by atoms with Crippen LogP contribution < -0.4 is 19.1 Å². The Morgan fingerprint density at radius 2 is 1.61 bits per heavy atom. The van der Waals surface area contributed by atoms with Crippen molar-refractivity contribution >= 4 is 46.7 Å². The van der Waals surface area contributed by atoms with Crippen molar-refractivity contribution < 1.29 is 31.8 Å². The molecule has 1 fully saturated rings. The number of benzene rings is 2. The normalized spacial score (nSPS) is 13.6. The van der Waals surface area contributed by atoms with Crippen molar-refractivity contribution in [2.24, 2.45) is 0 Å². The van der Waals surface area contributed by atoms with E-state index in [2.05, 4.69) is 9.46 Å². The highest BCUT2D eigenvalue weighted by Crippen LogP contribution is 2.35. The number of hydrogen-bond acceptors (Lipinski definition) is 5. The fourth-order valence-corrected chi connectivity index (χ4v) is 3.96. The third-order valence-corrected chi connectivity index (χ3v) is 5.68. The Labute approximate surface area is 223 Å². The zero-order valence-electron chi connectivity index (χ0n) is 20.6. The van der Waals surface area contributed by atoms with Crippen molar-refractivity contribution in [2.45, 2.75) is 53.0 Å². The molecule has 0 saturated carbocycles. The lowest BCUT2D eigenvalue weighted by atomic mass is 10.1. The predicted octanol–water partition coefficient (Wildman–Crippen LogP) is 8.14. The van der Waals surface area contributed by atoms with E-state index in [0.29, 0.717) is 31.6 Å². The summed E-state index contributed by atoms with van der Waals surface area (Å²) in [6.07, 6.45) is -2.31. The molecule has 1 saturated heterocycles. The van der Waals surface area contributed by atoms with Gasteiger partial charge >= 0.3 is 6.36 Å². The minimum absolute atomic E-state index is 0.118. The smallest absolute Gasteiger partial charge is 0.489 e. The zero-order chi connectivity index (χ0) is 27.5. The highest BCUT2D eigenvalue weighted by molar-refractivity contribution is 7.97. The largest absolute Gasteiger partial charge is 0.573 e. The zero-order valence-corrected chi connectivity index (χ0v) is 23.0. The van der Waals surface area contributed by atoms with E-state index in [-0.39, 0.29) is 27.5 Å². The Morgan fingerprint density at radius 3 is 2.14 bits per heavy atom. The number of ether oxygens (including phenoxy) is 2. The number of rotatable bonds is 6. The first-order chi connectivity index (χ1) is 17.1. The summed E-state index contributed by atoms with van der Waals surface area (Å²) in [7, 11) is 0. The average molecular weight is 573 g/mol. The Bertz CT molecular complexity index is 989. The maximum atomic E-state index is 14.3. The van der Waals surface area contributed by atoms with Crippen LogP contribution in [0.4, 0.5) is 23.2 Å². The molecule has 0 bridgehead atoms. The summed E-state index contributed by atoms with van der Waals surface area (Å²) >= 11 is 13.1. The number of anilines is 1. The lowest BCUT2D eigenvalue weighted by Crippen LogP contribution is -2.38. The summed E-state index contributed by atoms with van der Waals surface area (Å²) in [6, 6.07) is 6.39. The van der Waals surface area contributed by atoms with E-state index in [4.69, 9.17) is 27.9 Å².